The Morgan fingerprint density at radius 2 is 2.05 bits per heavy atom. The van der Waals surface area contributed by atoms with Crippen LogP contribution in [0.25, 0.3) is 15.5 Å². The molecule has 3 heterocycles. The zero-order valence-electron chi connectivity index (χ0n) is 10.8. The van der Waals surface area contributed by atoms with Crippen LogP contribution in [0.5, 0.6) is 0 Å². The topological polar surface area (TPSA) is 78.3 Å². The lowest BCUT2D eigenvalue weighted by molar-refractivity contribution is 0.176. The summed E-state index contributed by atoms with van der Waals surface area (Å²) in [7, 11) is 1.62. The first kappa shape index (κ1) is 12.5. The quantitative estimate of drug-likeness (QED) is 0.802. The van der Waals surface area contributed by atoms with E-state index in [1.807, 2.05) is 0 Å². The van der Waals surface area contributed by atoms with Crippen LogP contribution in [0.1, 0.15) is 16.3 Å². The highest BCUT2D eigenvalue weighted by molar-refractivity contribution is 7.21. The highest BCUT2D eigenvalue weighted by Gasteiger charge is 2.18. The number of nitrogens with two attached hydrogens (primary N) is 1. The molecular formula is C11H13N5OS2. The van der Waals surface area contributed by atoms with Crippen LogP contribution in [0.3, 0.4) is 0 Å². The van der Waals surface area contributed by atoms with Crippen molar-refractivity contribution in [2.75, 3.05) is 12.8 Å². The van der Waals surface area contributed by atoms with Gasteiger partial charge in [0.15, 0.2) is 10.8 Å². The molecule has 2 N–H and O–H groups in total. The number of thiophene rings is 1. The molecule has 3 aromatic rings. The van der Waals surface area contributed by atoms with Crippen molar-refractivity contribution in [2.45, 2.75) is 20.5 Å². The maximum absolute atomic E-state index is 6.08. The number of hydrogen-bond donors (Lipinski definition) is 1. The molecule has 100 valence electrons. The van der Waals surface area contributed by atoms with Crippen LogP contribution < -0.4 is 5.73 Å². The molecule has 0 aliphatic carbocycles. The van der Waals surface area contributed by atoms with Crippen molar-refractivity contribution in [2.24, 2.45) is 0 Å². The summed E-state index contributed by atoms with van der Waals surface area (Å²) >= 11 is 3.08. The third kappa shape index (κ3) is 1.92. The van der Waals surface area contributed by atoms with Gasteiger partial charge in [-0.1, -0.05) is 11.3 Å². The Labute approximate surface area is 117 Å². The van der Waals surface area contributed by atoms with Crippen molar-refractivity contribution < 1.29 is 4.74 Å². The summed E-state index contributed by atoms with van der Waals surface area (Å²) in [4.78, 5) is 1.97. The zero-order chi connectivity index (χ0) is 13.6. The van der Waals surface area contributed by atoms with Crippen LogP contribution in [-0.2, 0) is 11.3 Å². The molecule has 6 nitrogen and oxygen atoms in total. The van der Waals surface area contributed by atoms with Gasteiger partial charge in [-0.05, 0) is 19.4 Å². The second kappa shape index (κ2) is 4.55. The average molecular weight is 295 g/mol. The Hall–Kier alpha value is -1.51. The molecule has 0 aliphatic heterocycles. The lowest BCUT2D eigenvalue weighted by atomic mass is 10.2. The van der Waals surface area contributed by atoms with E-state index in [1.165, 1.54) is 21.8 Å². The molecule has 19 heavy (non-hydrogen) atoms. The third-order valence-corrected chi connectivity index (χ3v) is 4.91. The van der Waals surface area contributed by atoms with Crippen molar-refractivity contribution in [1.29, 1.82) is 0 Å². The first-order valence-corrected chi connectivity index (χ1v) is 7.31. The Morgan fingerprint density at radius 1 is 1.26 bits per heavy atom. The Morgan fingerprint density at radius 3 is 2.68 bits per heavy atom. The molecule has 0 amide bonds. The van der Waals surface area contributed by atoms with E-state index < -0.39 is 0 Å². The lowest BCUT2D eigenvalue weighted by Crippen LogP contribution is -1.97. The Balaban J connectivity index is 2.15. The lowest BCUT2D eigenvalue weighted by Gasteiger charge is -1.97. The van der Waals surface area contributed by atoms with Crippen LogP contribution in [0.4, 0.5) is 5.00 Å². The number of ether oxygens (including phenoxy) is 1. The predicted octanol–water partition coefficient (Wildman–Crippen LogP) is 2.26. The summed E-state index contributed by atoms with van der Waals surface area (Å²) in [5.74, 6) is 0.697. The summed E-state index contributed by atoms with van der Waals surface area (Å²) in [6, 6.07) is 0. The third-order valence-electron chi connectivity index (χ3n) is 2.96. The van der Waals surface area contributed by atoms with Crippen LogP contribution in [0, 0.1) is 13.8 Å². The smallest absolute Gasteiger partial charge is 0.235 e. The van der Waals surface area contributed by atoms with E-state index in [0.29, 0.717) is 12.4 Å². The highest BCUT2D eigenvalue weighted by Crippen LogP contribution is 2.39. The molecular weight excluding hydrogens is 282 g/mol. The molecule has 8 heteroatoms. The van der Waals surface area contributed by atoms with Crippen LogP contribution >= 0.6 is 22.7 Å². The minimum atomic E-state index is 0.390. The van der Waals surface area contributed by atoms with E-state index in [4.69, 9.17) is 10.5 Å². The number of nitrogen functional groups attached to an aromatic ring is 1. The van der Waals surface area contributed by atoms with Crippen LogP contribution in [-0.4, -0.2) is 26.9 Å². The number of nitrogens with zero attached hydrogens (tertiary/aromatic N) is 4. The van der Waals surface area contributed by atoms with Crippen LogP contribution in [0.2, 0.25) is 0 Å². The monoisotopic (exact) mass is 295 g/mol. The molecule has 3 aromatic heterocycles. The largest absolute Gasteiger partial charge is 0.390 e. The van der Waals surface area contributed by atoms with E-state index in [-0.39, 0.29) is 0 Å². The number of fused-ring (bicyclic) bond motifs is 1. The fraction of sp³-hybridized carbons (Fsp3) is 0.364. The minimum Gasteiger partial charge on any atom is -0.390 e. The summed E-state index contributed by atoms with van der Waals surface area (Å²) < 4.78 is 6.80. The zero-order valence-corrected chi connectivity index (χ0v) is 12.4. The predicted molar refractivity (Wildman–Crippen MR) is 76.6 cm³/mol. The summed E-state index contributed by atoms with van der Waals surface area (Å²) in [6.45, 7) is 4.52. The fourth-order valence-electron chi connectivity index (χ4n) is 1.90. The van der Waals surface area contributed by atoms with E-state index >= 15 is 0 Å². The molecule has 0 radical (unpaired) electrons. The number of methoxy groups -OCH3 is 1. The van der Waals surface area contributed by atoms with E-state index in [0.717, 1.165) is 20.5 Å². The second-order valence-electron chi connectivity index (χ2n) is 4.17. The van der Waals surface area contributed by atoms with Gasteiger partial charge in [-0.2, -0.15) is 9.61 Å². The summed E-state index contributed by atoms with van der Waals surface area (Å²) in [5.41, 5.74) is 8.27. The molecule has 0 spiro atoms. The SMILES string of the molecule is COCc1nnc2sc(-c3c(N)sc(C)c3C)nn12. The molecule has 3 rings (SSSR count). The van der Waals surface area contributed by atoms with Gasteiger partial charge < -0.3 is 10.5 Å². The fourth-order valence-corrected chi connectivity index (χ4v) is 3.87. The number of hydrogen-bond acceptors (Lipinski definition) is 7. The van der Waals surface area contributed by atoms with Gasteiger partial charge >= 0.3 is 0 Å². The van der Waals surface area contributed by atoms with Gasteiger partial charge in [0.2, 0.25) is 4.96 Å². The van der Waals surface area contributed by atoms with E-state index in [9.17, 15) is 0 Å². The van der Waals surface area contributed by atoms with E-state index in [2.05, 4.69) is 29.1 Å². The standard InChI is InChI=1S/C11H13N5OS2/c1-5-6(2)18-9(12)8(5)10-15-16-7(4-17-3)13-14-11(16)19-10/h4,12H2,1-3H3. The normalized spacial score (nSPS) is 11.5. The molecule has 0 aromatic carbocycles. The van der Waals surface area contributed by atoms with Gasteiger partial charge in [-0.15, -0.1) is 21.5 Å². The van der Waals surface area contributed by atoms with Crippen LogP contribution in [0.15, 0.2) is 0 Å². The number of aromatic nitrogens is 4. The first-order chi connectivity index (χ1) is 9.11. The molecule has 0 unspecified atom stereocenters. The molecule has 0 saturated heterocycles. The molecule has 0 bridgehead atoms. The minimum absolute atomic E-state index is 0.390. The van der Waals surface area contributed by atoms with Gasteiger partial charge in [-0.25, -0.2) is 0 Å². The summed E-state index contributed by atoms with van der Waals surface area (Å²) in [5, 5.41) is 14.4. The highest BCUT2D eigenvalue weighted by atomic mass is 32.1. The van der Waals surface area contributed by atoms with Gasteiger partial charge in [-0.3, -0.25) is 0 Å². The van der Waals surface area contributed by atoms with Crippen molar-refractivity contribution in [3.63, 3.8) is 0 Å². The number of rotatable bonds is 3. The molecule has 0 saturated carbocycles. The number of anilines is 1. The van der Waals surface area contributed by atoms with Gasteiger partial charge in [0.1, 0.15) is 6.61 Å². The van der Waals surface area contributed by atoms with Crippen molar-refractivity contribution in [3.05, 3.63) is 16.3 Å². The average Bonchev–Trinajstić information content (AvgIpc) is 2.97. The number of aryl methyl sites for hydroxylation is 1. The Kier molecular flexibility index (Phi) is 3.00. The maximum Gasteiger partial charge on any atom is 0.235 e. The van der Waals surface area contributed by atoms with Gasteiger partial charge in [0, 0.05) is 17.6 Å². The van der Waals surface area contributed by atoms with Gasteiger partial charge in [0.25, 0.3) is 0 Å². The van der Waals surface area contributed by atoms with E-state index in [1.54, 1.807) is 23.0 Å². The summed E-state index contributed by atoms with van der Waals surface area (Å²) in [6.07, 6.45) is 0. The van der Waals surface area contributed by atoms with Crippen molar-refractivity contribution >= 4 is 32.6 Å². The first-order valence-electron chi connectivity index (χ1n) is 5.67. The second-order valence-corrected chi connectivity index (χ2v) is 6.39. The molecule has 0 aliphatic rings. The molecule has 0 atom stereocenters. The Bertz CT molecular complexity index is 742. The molecule has 0 fully saturated rings. The van der Waals surface area contributed by atoms with Crippen molar-refractivity contribution in [1.82, 2.24) is 19.8 Å². The van der Waals surface area contributed by atoms with Gasteiger partial charge in [0.05, 0.1) is 5.00 Å². The van der Waals surface area contributed by atoms with Crippen molar-refractivity contribution in [3.8, 4) is 10.6 Å². The maximum atomic E-state index is 6.08.